The number of rotatable bonds is 2. The summed E-state index contributed by atoms with van der Waals surface area (Å²) in [5, 5.41) is 2.66. The van der Waals surface area contributed by atoms with Crippen LogP contribution in [0.4, 0.5) is 10.5 Å². The van der Waals surface area contributed by atoms with E-state index in [1.807, 2.05) is 0 Å². The average molecular weight is 292 g/mol. The van der Waals surface area contributed by atoms with Crippen LogP contribution in [0, 0.1) is 0 Å². The van der Waals surface area contributed by atoms with Crippen molar-refractivity contribution >= 4 is 17.7 Å². The Morgan fingerprint density at radius 3 is 2.57 bits per heavy atom. The number of hydrogen-bond acceptors (Lipinski definition) is 4. The summed E-state index contributed by atoms with van der Waals surface area (Å²) in [6.07, 6.45) is -0.557. The second-order valence-electron chi connectivity index (χ2n) is 6.00. The zero-order valence-electron chi connectivity index (χ0n) is 12.9. The third-order valence-electron chi connectivity index (χ3n) is 3.05. The van der Waals surface area contributed by atoms with Gasteiger partial charge in [0, 0.05) is 19.2 Å². The van der Waals surface area contributed by atoms with E-state index in [2.05, 4.69) is 5.32 Å². The Hall–Kier alpha value is -2.24. The normalized spacial score (nSPS) is 14.0. The highest BCUT2D eigenvalue weighted by atomic mass is 16.6. The first-order chi connectivity index (χ1) is 9.71. The Balaban J connectivity index is 2.27. The van der Waals surface area contributed by atoms with Crippen molar-refractivity contribution in [3.05, 3.63) is 23.3 Å². The molecule has 1 aromatic rings. The van der Waals surface area contributed by atoms with Crippen molar-refractivity contribution in [2.24, 2.45) is 0 Å². The number of carbonyl (C=O) groups is 2. The van der Waals surface area contributed by atoms with Gasteiger partial charge in [-0.2, -0.15) is 0 Å². The molecule has 0 bridgehead atoms. The highest BCUT2D eigenvalue weighted by Crippen LogP contribution is 2.33. The Morgan fingerprint density at radius 2 is 2.00 bits per heavy atom. The summed E-state index contributed by atoms with van der Waals surface area (Å²) in [5.74, 6) is 0.385. The van der Waals surface area contributed by atoms with E-state index in [1.165, 1.54) is 7.11 Å². The van der Waals surface area contributed by atoms with Crippen molar-refractivity contribution in [2.45, 2.75) is 32.9 Å². The van der Waals surface area contributed by atoms with E-state index in [1.54, 1.807) is 44.9 Å². The molecule has 0 aromatic heterocycles. The van der Waals surface area contributed by atoms with E-state index in [0.717, 1.165) is 5.56 Å². The van der Waals surface area contributed by atoms with Crippen molar-refractivity contribution in [1.29, 1.82) is 0 Å². The van der Waals surface area contributed by atoms with Crippen LogP contribution in [0.3, 0.4) is 0 Å². The van der Waals surface area contributed by atoms with Crippen molar-refractivity contribution in [1.82, 2.24) is 4.90 Å². The number of fused-ring (bicyclic) bond motifs is 1. The lowest BCUT2D eigenvalue weighted by Gasteiger charge is -2.20. The first-order valence-corrected chi connectivity index (χ1v) is 6.67. The predicted molar refractivity (Wildman–Crippen MR) is 78.6 cm³/mol. The SMILES string of the molecule is COc1cc2c(cc1NC(=O)OC(C)(C)C)CN(C)C2=O. The van der Waals surface area contributed by atoms with Gasteiger partial charge in [0.2, 0.25) is 0 Å². The summed E-state index contributed by atoms with van der Waals surface area (Å²) in [7, 11) is 3.22. The minimum absolute atomic E-state index is 0.0490. The second-order valence-corrected chi connectivity index (χ2v) is 6.00. The van der Waals surface area contributed by atoms with E-state index < -0.39 is 11.7 Å². The smallest absolute Gasteiger partial charge is 0.412 e. The van der Waals surface area contributed by atoms with Crippen LogP contribution in [0.5, 0.6) is 5.75 Å². The topological polar surface area (TPSA) is 67.9 Å². The van der Waals surface area contributed by atoms with Gasteiger partial charge in [-0.15, -0.1) is 0 Å². The Morgan fingerprint density at radius 1 is 1.33 bits per heavy atom. The Bertz CT molecular complexity index is 590. The maximum Gasteiger partial charge on any atom is 0.412 e. The molecular weight excluding hydrogens is 272 g/mol. The maximum atomic E-state index is 11.9. The molecule has 2 amide bonds. The number of ether oxygens (including phenoxy) is 2. The summed E-state index contributed by atoms with van der Waals surface area (Å²) in [6, 6.07) is 3.40. The molecule has 1 aromatic carbocycles. The van der Waals surface area contributed by atoms with Crippen LogP contribution >= 0.6 is 0 Å². The zero-order chi connectivity index (χ0) is 15.8. The maximum absolute atomic E-state index is 11.9. The van der Waals surface area contributed by atoms with Crippen LogP contribution in [0.15, 0.2) is 12.1 Å². The van der Waals surface area contributed by atoms with Crippen LogP contribution in [0.2, 0.25) is 0 Å². The van der Waals surface area contributed by atoms with Gasteiger partial charge in [0.25, 0.3) is 5.91 Å². The highest BCUT2D eigenvalue weighted by molar-refractivity contribution is 6.00. The molecule has 0 aliphatic carbocycles. The van der Waals surface area contributed by atoms with Gasteiger partial charge < -0.3 is 14.4 Å². The van der Waals surface area contributed by atoms with Gasteiger partial charge in [0.15, 0.2) is 0 Å². The van der Waals surface area contributed by atoms with E-state index in [9.17, 15) is 9.59 Å². The average Bonchev–Trinajstić information content (AvgIpc) is 2.61. The Kier molecular flexibility index (Phi) is 3.80. The number of methoxy groups -OCH3 is 1. The molecule has 0 fully saturated rings. The molecule has 1 aliphatic rings. The highest BCUT2D eigenvalue weighted by Gasteiger charge is 2.27. The minimum atomic E-state index is -0.579. The molecular formula is C15H20N2O4. The minimum Gasteiger partial charge on any atom is -0.495 e. The summed E-state index contributed by atoms with van der Waals surface area (Å²) in [6.45, 7) is 5.89. The number of amides is 2. The Labute approximate surface area is 124 Å². The van der Waals surface area contributed by atoms with Crippen LogP contribution in [-0.2, 0) is 11.3 Å². The molecule has 21 heavy (non-hydrogen) atoms. The predicted octanol–water partition coefficient (Wildman–Crippen LogP) is 2.63. The van der Waals surface area contributed by atoms with Gasteiger partial charge in [-0.25, -0.2) is 4.79 Å². The van der Waals surface area contributed by atoms with Gasteiger partial charge in [-0.05, 0) is 38.5 Å². The van der Waals surface area contributed by atoms with Gasteiger partial charge in [-0.1, -0.05) is 0 Å². The monoisotopic (exact) mass is 292 g/mol. The van der Waals surface area contributed by atoms with E-state index in [-0.39, 0.29) is 5.91 Å². The fourth-order valence-corrected chi connectivity index (χ4v) is 2.17. The number of anilines is 1. The lowest BCUT2D eigenvalue weighted by atomic mass is 10.1. The van der Waals surface area contributed by atoms with Crippen LogP contribution < -0.4 is 10.1 Å². The molecule has 114 valence electrons. The molecule has 0 spiro atoms. The number of benzene rings is 1. The van der Waals surface area contributed by atoms with E-state index >= 15 is 0 Å². The number of carbonyl (C=O) groups excluding carboxylic acids is 2. The van der Waals surface area contributed by atoms with E-state index in [0.29, 0.717) is 23.5 Å². The molecule has 0 atom stereocenters. The van der Waals surface area contributed by atoms with Crippen LogP contribution in [-0.4, -0.2) is 36.7 Å². The molecule has 1 aliphatic heterocycles. The quantitative estimate of drug-likeness (QED) is 0.910. The molecule has 6 nitrogen and oxygen atoms in total. The first-order valence-electron chi connectivity index (χ1n) is 6.67. The van der Waals surface area contributed by atoms with Crippen LogP contribution in [0.25, 0.3) is 0 Å². The van der Waals surface area contributed by atoms with Crippen molar-refractivity contribution in [3.63, 3.8) is 0 Å². The molecule has 1 heterocycles. The lowest BCUT2D eigenvalue weighted by Crippen LogP contribution is -2.27. The van der Waals surface area contributed by atoms with Crippen molar-refractivity contribution in [3.8, 4) is 5.75 Å². The summed E-state index contributed by atoms with van der Waals surface area (Å²) < 4.78 is 10.5. The third-order valence-corrected chi connectivity index (χ3v) is 3.05. The van der Waals surface area contributed by atoms with Gasteiger partial charge in [0.1, 0.15) is 11.4 Å². The number of nitrogens with one attached hydrogen (secondary N) is 1. The number of hydrogen-bond donors (Lipinski definition) is 1. The lowest BCUT2D eigenvalue weighted by molar-refractivity contribution is 0.0635. The van der Waals surface area contributed by atoms with E-state index in [4.69, 9.17) is 9.47 Å². The van der Waals surface area contributed by atoms with Crippen molar-refractivity contribution in [2.75, 3.05) is 19.5 Å². The van der Waals surface area contributed by atoms with Gasteiger partial charge in [-0.3, -0.25) is 10.1 Å². The third kappa shape index (κ3) is 3.26. The molecule has 0 unspecified atom stereocenters. The van der Waals surface area contributed by atoms with Gasteiger partial charge >= 0.3 is 6.09 Å². The molecule has 0 saturated carbocycles. The molecule has 1 N–H and O–H groups in total. The summed E-state index contributed by atoms with van der Waals surface area (Å²) in [4.78, 5) is 25.4. The molecule has 2 rings (SSSR count). The first kappa shape index (κ1) is 15.2. The molecule has 6 heteroatoms. The fraction of sp³-hybridized carbons (Fsp3) is 0.467. The van der Waals surface area contributed by atoms with Gasteiger partial charge in [0.05, 0.1) is 12.8 Å². The fourth-order valence-electron chi connectivity index (χ4n) is 2.17. The summed E-state index contributed by atoms with van der Waals surface area (Å²) >= 11 is 0. The number of nitrogens with zero attached hydrogens (tertiary/aromatic N) is 1. The largest absolute Gasteiger partial charge is 0.495 e. The molecule has 0 saturated heterocycles. The second kappa shape index (κ2) is 5.27. The molecule has 0 radical (unpaired) electrons. The standard InChI is InChI=1S/C15H20N2O4/c1-15(2,3)21-14(19)16-11-6-9-8-17(4)13(18)10(9)7-12(11)20-5/h6-7H,8H2,1-5H3,(H,16,19). The van der Waals surface area contributed by atoms with Crippen molar-refractivity contribution < 1.29 is 19.1 Å². The summed E-state index contributed by atoms with van der Waals surface area (Å²) in [5.41, 5.74) is 1.37. The van der Waals surface area contributed by atoms with Crippen LogP contribution in [0.1, 0.15) is 36.7 Å². The zero-order valence-corrected chi connectivity index (χ0v) is 12.9.